The standard InChI is InChI=1S/C22H21F5N4O2/c1-11(13-4-3-5-14(18(13)23)19(24)25)28-20-16-10-31(12-6-7-22(26,27)9-12)17(32)8-15(16)21(33)30(2)29-20/h3-5,8,10-12,19H,6-7,9H2,1-2H3,(H,28,29)/t11?,12-/m1/s1. The van der Waals surface area contributed by atoms with Crippen LogP contribution in [0.15, 0.2) is 40.1 Å². The molecule has 1 unspecified atom stereocenters. The van der Waals surface area contributed by atoms with Gasteiger partial charge in [-0.25, -0.2) is 26.6 Å². The third-order valence-electron chi connectivity index (χ3n) is 5.99. The minimum absolute atomic E-state index is 0.00927. The number of alkyl halides is 4. The summed E-state index contributed by atoms with van der Waals surface area (Å²) in [5, 5.41) is 7.24. The van der Waals surface area contributed by atoms with Crippen molar-refractivity contribution in [3.8, 4) is 0 Å². The van der Waals surface area contributed by atoms with Crippen molar-refractivity contribution in [2.24, 2.45) is 7.05 Å². The lowest BCUT2D eigenvalue weighted by Gasteiger charge is -2.20. The van der Waals surface area contributed by atoms with Crippen LogP contribution in [-0.4, -0.2) is 20.3 Å². The van der Waals surface area contributed by atoms with Crippen molar-refractivity contribution >= 4 is 16.6 Å². The number of nitrogens with one attached hydrogen (secondary N) is 1. The SMILES string of the molecule is CC(Nc1nn(C)c(=O)c2cc(=O)n([C@@H]3CCC(F)(F)C3)cc12)c1cccc(C(F)F)c1F. The number of aryl methyl sites for hydroxylation is 1. The normalized spacial score (nSPS) is 18.7. The third kappa shape index (κ3) is 4.23. The second-order valence-electron chi connectivity index (χ2n) is 8.29. The largest absolute Gasteiger partial charge is 0.361 e. The number of hydrogen-bond acceptors (Lipinski definition) is 4. The number of benzene rings is 1. The molecule has 176 valence electrons. The van der Waals surface area contributed by atoms with Gasteiger partial charge in [-0.3, -0.25) is 9.59 Å². The van der Waals surface area contributed by atoms with E-state index in [0.717, 1.165) is 21.4 Å². The van der Waals surface area contributed by atoms with Crippen LogP contribution < -0.4 is 16.4 Å². The topological polar surface area (TPSA) is 68.9 Å². The van der Waals surface area contributed by atoms with Crippen LogP contribution >= 0.6 is 0 Å². The molecule has 1 aliphatic carbocycles. The molecule has 0 saturated heterocycles. The van der Waals surface area contributed by atoms with Crippen LogP contribution in [0.5, 0.6) is 0 Å². The van der Waals surface area contributed by atoms with Gasteiger partial charge in [-0.2, -0.15) is 5.10 Å². The molecular weight excluding hydrogens is 447 g/mol. The molecule has 0 bridgehead atoms. The lowest BCUT2D eigenvalue weighted by atomic mass is 10.0. The van der Waals surface area contributed by atoms with Crippen molar-refractivity contribution < 1.29 is 22.0 Å². The molecule has 2 aromatic heterocycles. The Hall–Kier alpha value is -3.24. The summed E-state index contributed by atoms with van der Waals surface area (Å²) in [6, 6.07) is 3.14. The summed E-state index contributed by atoms with van der Waals surface area (Å²) >= 11 is 0. The molecule has 2 heterocycles. The zero-order valence-electron chi connectivity index (χ0n) is 17.8. The molecule has 4 rings (SSSR count). The fourth-order valence-electron chi connectivity index (χ4n) is 4.25. The molecule has 6 nitrogen and oxygen atoms in total. The fourth-order valence-corrected chi connectivity index (χ4v) is 4.25. The van der Waals surface area contributed by atoms with E-state index in [2.05, 4.69) is 10.4 Å². The van der Waals surface area contributed by atoms with Crippen molar-refractivity contribution in [1.29, 1.82) is 0 Å². The van der Waals surface area contributed by atoms with E-state index in [4.69, 9.17) is 0 Å². The number of hydrogen-bond donors (Lipinski definition) is 1. The highest BCUT2D eigenvalue weighted by Gasteiger charge is 2.40. The number of pyridine rings is 1. The van der Waals surface area contributed by atoms with Gasteiger partial charge in [0.2, 0.25) is 5.92 Å². The molecule has 2 atom stereocenters. The first kappa shape index (κ1) is 22.9. The van der Waals surface area contributed by atoms with Gasteiger partial charge in [0.1, 0.15) is 5.82 Å². The number of fused-ring (bicyclic) bond motifs is 1. The molecule has 1 N–H and O–H groups in total. The van der Waals surface area contributed by atoms with E-state index in [1.807, 2.05) is 0 Å². The Balaban J connectivity index is 1.80. The van der Waals surface area contributed by atoms with E-state index in [9.17, 15) is 31.5 Å². The Kier molecular flexibility index (Phi) is 5.75. The lowest BCUT2D eigenvalue weighted by molar-refractivity contribution is 0.00553. The molecule has 1 fully saturated rings. The minimum Gasteiger partial charge on any atom is -0.361 e. The highest BCUT2D eigenvalue weighted by molar-refractivity contribution is 5.90. The molecule has 0 spiro atoms. The number of aromatic nitrogens is 3. The van der Waals surface area contributed by atoms with Gasteiger partial charge < -0.3 is 9.88 Å². The average molecular weight is 468 g/mol. The van der Waals surface area contributed by atoms with Crippen LogP contribution in [0.1, 0.15) is 55.8 Å². The Labute approximate surface area is 184 Å². The number of anilines is 1. The van der Waals surface area contributed by atoms with E-state index < -0.39 is 53.4 Å². The maximum atomic E-state index is 14.6. The van der Waals surface area contributed by atoms with Crippen LogP contribution in [0, 0.1) is 5.82 Å². The molecule has 3 aromatic rings. The molecule has 1 aliphatic rings. The summed E-state index contributed by atoms with van der Waals surface area (Å²) in [5.74, 6) is -3.86. The molecule has 1 saturated carbocycles. The minimum atomic E-state index is -2.99. The quantitative estimate of drug-likeness (QED) is 0.551. The van der Waals surface area contributed by atoms with Crippen molar-refractivity contribution in [2.45, 2.75) is 50.6 Å². The van der Waals surface area contributed by atoms with Crippen LogP contribution in [0.3, 0.4) is 0 Å². The first-order valence-corrected chi connectivity index (χ1v) is 10.3. The molecule has 11 heteroatoms. The summed E-state index contributed by atoms with van der Waals surface area (Å²) in [7, 11) is 1.36. The van der Waals surface area contributed by atoms with Crippen molar-refractivity contribution in [2.75, 3.05) is 5.32 Å². The van der Waals surface area contributed by atoms with E-state index >= 15 is 0 Å². The summed E-state index contributed by atoms with van der Waals surface area (Å²) in [5.41, 5.74) is -1.95. The molecule has 0 amide bonds. The van der Waals surface area contributed by atoms with Crippen LogP contribution in [0.2, 0.25) is 0 Å². The predicted octanol–water partition coefficient (Wildman–Crippen LogP) is 4.71. The Morgan fingerprint density at radius 2 is 1.88 bits per heavy atom. The highest BCUT2D eigenvalue weighted by Crippen LogP contribution is 2.41. The summed E-state index contributed by atoms with van der Waals surface area (Å²) in [6.45, 7) is 1.53. The zero-order valence-corrected chi connectivity index (χ0v) is 17.8. The van der Waals surface area contributed by atoms with Crippen molar-refractivity contribution in [1.82, 2.24) is 14.3 Å². The summed E-state index contributed by atoms with van der Waals surface area (Å²) in [4.78, 5) is 25.2. The van der Waals surface area contributed by atoms with E-state index in [0.29, 0.717) is 0 Å². The van der Waals surface area contributed by atoms with E-state index in [1.54, 1.807) is 0 Å². The van der Waals surface area contributed by atoms with Gasteiger partial charge >= 0.3 is 0 Å². The van der Waals surface area contributed by atoms with Crippen molar-refractivity contribution in [3.05, 3.63) is 68.1 Å². The second-order valence-corrected chi connectivity index (χ2v) is 8.29. The Morgan fingerprint density at radius 3 is 2.52 bits per heavy atom. The molecule has 33 heavy (non-hydrogen) atoms. The van der Waals surface area contributed by atoms with Crippen molar-refractivity contribution in [3.63, 3.8) is 0 Å². The van der Waals surface area contributed by atoms with Gasteiger partial charge in [0.15, 0.2) is 5.82 Å². The van der Waals surface area contributed by atoms with E-state index in [1.165, 1.54) is 32.3 Å². The van der Waals surface area contributed by atoms with Crippen LogP contribution in [-0.2, 0) is 7.05 Å². The van der Waals surface area contributed by atoms with Gasteiger partial charge in [-0.05, 0) is 13.3 Å². The number of nitrogens with zero attached hydrogens (tertiary/aromatic N) is 3. The van der Waals surface area contributed by atoms with Gasteiger partial charge in [0.05, 0.1) is 17.0 Å². The molecule has 0 radical (unpaired) electrons. The average Bonchev–Trinajstić information content (AvgIpc) is 3.10. The fraction of sp³-hybridized carbons (Fsp3) is 0.409. The zero-order chi connectivity index (χ0) is 24.1. The maximum absolute atomic E-state index is 14.6. The van der Waals surface area contributed by atoms with Gasteiger partial charge in [-0.1, -0.05) is 18.2 Å². The summed E-state index contributed by atoms with van der Waals surface area (Å²) < 4.78 is 70.4. The Morgan fingerprint density at radius 1 is 1.18 bits per heavy atom. The first-order chi connectivity index (χ1) is 15.5. The van der Waals surface area contributed by atoms with Gasteiger partial charge in [0, 0.05) is 49.1 Å². The third-order valence-corrected chi connectivity index (χ3v) is 5.99. The van der Waals surface area contributed by atoms with Gasteiger partial charge in [0.25, 0.3) is 17.5 Å². The Bertz CT molecular complexity index is 1330. The smallest absolute Gasteiger partial charge is 0.274 e. The first-order valence-electron chi connectivity index (χ1n) is 10.3. The van der Waals surface area contributed by atoms with Crippen LogP contribution in [0.4, 0.5) is 27.8 Å². The maximum Gasteiger partial charge on any atom is 0.274 e. The lowest BCUT2D eigenvalue weighted by Crippen LogP contribution is -2.28. The summed E-state index contributed by atoms with van der Waals surface area (Å²) in [6.07, 6.45) is -2.44. The molecule has 1 aromatic carbocycles. The van der Waals surface area contributed by atoms with Gasteiger partial charge in [-0.15, -0.1) is 0 Å². The number of halogens is 5. The van der Waals surface area contributed by atoms with E-state index in [-0.39, 0.29) is 35.0 Å². The molecular formula is C22H21F5N4O2. The van der Waals surface area contributed by atoms with Crippen LogP contribution in [0.25, 0.3) is 10.8 Å². The molecule has 0 aliphatic heterocycles. The highest BCUT2D eigenvalue weighted by atomic mass is 19.3. The monoisotopic (exact) mass is 468 g/mol. The number of rotatable bonds is 5. The predicted molar refractivity (Wildman–Crippen MR) is 112 cm³/mol. The second kappa shape index (κ2) is 8.27.